The molecule has 1 atom stereocenters. The van der Waals surface area contributed by atoms with E-state index in [1.54, 1.807) is 0 Å². The van der Waals surface area contributed by atoms with Crippen molar-refractivity contribution in [3.63, 3.8) is 0 Å². The molecular weight excluding hydrogens is 452 g/mol. The summed E-state index contributed by atoms with van der Waals surface area (Å²) in [6.45, 7) is 2.21. The maximum Gasteiger partial charge on any atom is 0.232 e. The zero-order chi connectivity index (χ0) is 21.8. The van der Waals surface area contributed by atoms with Gasteiger partial charge in [-0.1, -0.05) is 75.8 Å². The molecule has 0 fully saturated rings. The summed E-state index contributed by atoms with van der Waals surface area (Å²) in [5, 5.41) is 0. The molecule has 0 aliphatic heterocycles. The predicted octanol–water partition coefficient (Wildman–Crippen LogP) is 7.02. The molecule has 3 nitrogen and oxygen atoms in total. The fourth-order valence-corrected chi connectivity index (χ4v) is 4.83. The fourth-order valence-electron chi connectivity index (χ4n) is 3.68. The number of halogens is 2. The van der Waals surface area contributed by atoms with Crippen molar-refractivity contribution in [1.29, 1.82) is 0 Å². The molecule has 0 spiro atoms. The Bertz CT molecular complexity index is 863. The molecule has 2 aromatic carbocycles. The summed E-state index contributed by atoms with van der Waals surface area (Å²) in [7, 11) is -3.70. The standard InChI is InChI=1S/C24H33F2NO2S.Ti/c1-2-3-4-5-6-8-12-21(20-13-9-7-10-14-20)15-11-18-30(28,29)27-24-17-16-22(25)19-23(24)26;/h7,9-10,13-14,16-17,19,21,27H,2-6,8,11-12,15,18H2,1H3;. The van der Waals surface area contributed by atoms with Crippen LogP contribution in [0.15, 0.2) is 48.5 Å². The van der Waals surface area contributed by atoms with E-state index in [1.807, 2.05) is 18.2 Å². The summed E-state index contributed by atoms with van der Waals surface area (Å²) < 4.78 is 53.7. The van der Waals surface area contributed by atoms with Gasteiger partial charge in [-0.3, -0.25) is 4.72 Å². The number of anilines is 1. The van der Waals surface area contributed by atoms with Gasteiger partial charge < -0.3 is 0 Å². The molecule has 0 amide bonds. The Morgan fingerprint density at radius 1 is 0.871 bits per heavy atom. The van der Waals surface area contributed by atoms with Crippen LogP contribution in [-0.2, 0) is 31.7 Å². The van der Waals surface area contributed by atoms with Crippen molar-refractivity contribution >= 4 is 15.7 Å². The van der Waals surface area contributed by atoms with Gasteiger partial charge in [0.05, 0.1) is 11.4 Å². The molecule has 31 heavy (non-hydrogen) atoms. The van der Waals surface area contributed by atoms with E-state index in [2.05, 4.69) is 23.8 Å². The van der Waals surface area contributed by atoms with Gasteiger partial charge in [0.15, 0.2) is 0 Å². The van der Waals surface area contributed by atoms with Crippen LogP contribution in [0.2, 0.25) is 0 Å². The maximum atomic E-state index is 13.7. The van der Waals surface area contributed by atoms with Gasteiger partial charge in [0, 0.05) is 27.8 Å². The van der Waals surface area contributed by atoms with Crippen LogP contribution in [-0.4, -0.2) is 14.2 Å². The van der Waals surface area contributed by atoms with Crippen LogP contribution in [0.25, 0.3) is 0 Å². The summed E-state index contributed by atoms with van der Waals surface area (Å²) in [5.41, 5.74) is 1.02. The van der Waals surface area contributed by atoms with Gasteiger partial charge in [-0.25, -0.2) is 17.2 Å². The van der Waals surface area contributed by atoms with Gasteiger partial charge in [0.1, 0.15) is 11.6 Å². The van der Waals surface area contributed by atoms with Gasteiger partial charge in [-0.05, 0) is 42.9 Å². The first-order valence-electron chi connectivity index (χ1n) is 10.9. The Morgan fingerprint density at radius 2 is 1.52 bits per heavy atom. The molecule has 0 saturated heterocycles. The van der Waals surface area contributed by atoms with Crippen LogP contribution in [0.3, 0.4) is 0 Å². The summed E-state index contributed by atoms with van der Waals surface area (Å²) >= 11 is 0. The third-order valence-electron chi connectivity index (χ3n) is 5.34. The number of unbranched alkanes of at least 4 members (excludes halogenated alkanes) is 5. The van der Waals surface area contributed by atoms with E-state index >= 15 is 0 Å². The first-order valence-corrected chi connectivity index (χ1v) is 12.6. The van der Waals surface area contributed by atoms with Crippen LogP contribution in [0.4, 0.5) is 14.5 Å². The van der Waals surface area contributed by atoms with Gasteiger partial charge >= 0.3 is 0 Å². The minimum Gasteiger partial charge on any atom is -0.281 e. The van der Waals surface area contributed by atoms with E-state index in [1.165, 1.54) is 37.7 Å². The van der Waals surface area contributed by atoms with Gasteiger partial charge in [-0.2, -0.15) is 0 Å². The van der Waals surface area contributed by atoms with Crippen molar-refractivity contribution < 1.29 is 38.9 Å². The predicted molar refractivity (Wildman–Crippen MR) is 120 cm³/mol. The van der Waals surface area contributed by atoms with E-state index in [0.29, 0.717) is 18.4 Å². The first kappa shape index (κ1) is 27.8. The Morgan fingerprint density at radius 3 is 2.19 bits per heavy atom. The minimum atomic E-state index is -3.70. The largest absolute Gasteiger partial charge is 0.281 e. The number of sulfonamides is 1. The van der Waals surface area contributed by atoms with E-state index in [-0.39, 0.29) is 33.2 Å². The molecule has 0 heterocycles. The Hall–Kier alpha value is -1.24. The SMILES string of the molecule is CCCCCCCCC(CCCS(=O)(=O)Nc1ccc(F)cc1F)c1ccccc1.[Ti]. The van der Waals surface area contributed by atoms with Crippen molar-refractivity contribution in [2.45, 2.75) is 70.6 Å². The second kappa shape index (κ2) is 14.8. The molecule has 0 radical (unpaired) electrons. The molecule has 2 aromatic rings. The zero-order valence-electron chi connectivity index (χ0n) is 18.2. The number of nitrogens with one attached hydrogen (secondary N) is 1. The quantitative estimate of drug-likeness (QED) is 0.231. The van der Waals surface area contributed by atoms with Crippen molar-refractivity contribution in [2.24, 2.45) is 0 Å². The fraction of sp³-hybridized carbons (Fsp3) is 0.500. The average Bonchev–Trinajstić information content (AvgIpc) is 2.72. The molecule has 1 unspecified atom stereocenters. The first-order chi connectivity index (χ1) is 14.4. The maximum absolute atomic E-state index is 13.7. The molecule has 0 aliphatic rings. The van der Waals surface area contributed by atoms with Gasteiger partial charge in [0.25, 0.3) is 0 Å². The molecule has 0 saturated carbocycles. The van der Waals surface area contributed by atoms with Gasteiger partial charge in [0.2, 0.25) is 10.0 Å². The monoisotopic (exact) mass is 485 g/mol. The Balaban J connectivity index is 0.00000480. The molecule has 7 heteroatoms. The summed E-state index contributed by atoms with van der Waals surface area (Å²) in [5.74, 6) is -1.43. The Labute approximate surface area is 201 Å². The molecule has 1 N–H and O–H groups in total. The van der Waals surface area contributed by atoms with Crippen molar-refractivity contribution in [1.82, 2.24) is 0 Å². The number of hydrogen-bond acceptors (Lipinski definition) is 2. The number of rotatable bonds is 14. The van der Waals surface area contributed by atoms with Crippen molar-refractivity contribution in [2.75, 3.05) is 10.5 Å². The van der Waals surface area contributed by atoms with Crippen LogP contribution >= 0.6 is 0 Å². The third kappa shape index (κ3) is 10.8. The second-order valence-electron chi connectivity index (χ2n) is 7.85. The van der Waals surface area contributed by atoms with E-state index in [4.69, 9.17) is 0 Å². The third-order valence-corrected chi connectivity index (χ3v) is 6.70. The normalized spacial score (nSPS) is 12.2. The van der Waals surface area contributed by atoms with Gasteiger partial charge in [-0.15, -0.1) is 0 Å². The van der Waals surface area contributed by atoms with Crippen molar-refractivity contribution in [3.8, 4) is 0 Å². The molecular formula is C24H33F2NO2STi. The zero-order valence-corrected chi connectivity index (χ0v) is 20.6. The van der Waals surface area contributed by atoms with Crippen LogP contribution in [0.1, 0.15) is 76.2 Å². The number of hydrogen-bond donors (Lipinski definition) is 1. The number of benzene rings is 2. The second-order valence-corrected chi connectivity index (χ2v) is 9.69. The molecule has 0 aliphatic carbocycles. The average molecular weight is 485 g/mol. The summed E-state index contributed by atoms with van der Waals surface area (Å²) in [4.78, 5) is 0. The van der Waals surface area contributed by atoms with Crippen molar-refractivity contribution in [3.05, 3.63) is 65.7 Å². The topological polar surface area (TPSA) is 46.2 Å². The summed E-state index contributed by atoms with van der Waals surface area (Å²) in [6.07, 6.45) is 9.64. The van der Waals surface area contributed by atoms with Crippen LogP contribution < -0.4 is 4.72 Å². The van der Waals surface area contributed by atoms with Crippen LogP contribution in [0.5, 0.6) is 0 Å². The molecule has 2 rings (SSSR count). The van der Waals surface area contributed by atoms with E-state index < -0.39 is 21.7 Å². The minimum absolute atomic E-state index is 0. The summed E-state index contributed by atoms with van der Waals surface area (Å²) in [6, 6.07) is 13.0. The molecule has 170 valence electrons. The van der Waals surface area contributed by atoms with E-state index in [0.717, 1.165) is 31.4 Å². The smallest absolute Gasteiger partial charge is 0.232 e. The Kier molecular flexibility index (Phi) is 13.2. The molecule has 0 bridgehead atoms. The van der Waals surface area contributed by atoms with Crippen LogP contribution in [0, 0.1) is 11.6 Å². The molecule has 0 aromatic heterocycles. The van der Waals surface area contributed by atoms with E-state index in [9.17, 15) is 17.2 Å².